The van der Waals surface area contributed by atoms with E-state index in [1.807, 2.05) is 0 Å². The number of hydrogen-bond donors (Lipinski definition) is 2. The fourth-order valence-electron chi connectivity index (χ4n) is 1.50. The van der Waals surface area contributed by atoms with Crippen LogP contribution in [-0.4, -0.2) is 45.9 Å². The first-order valence-corrected chi connectivity index (χ1v) is 7.45. The van der Waals surface area contributed by atoms with E-state index < -0.39 is 16.0 Å². The maximum absolute atomic E-state index is 12.1. The lowest BCUT2D eigenvalue weighted by molar-refractivity contribution is -0.140. The van der Waals surface area contributed by atoms with Crippen LogP contribution in [0.2, 0.25) is 0 Å². The van der Waals surface area contributed by atoms with E-state index in [0.29, 0.717) is 5.69 Å². The van der Waals surface area contributed by atoms with Crippen LogP contribution in [0, 0.1) is 0 Å². The van der Waals surface area contributed by atoms with Crippen molar-refractivity contribution >= 4 is 27.4 Å². The van der Waals surface area contributed by atoms with Gasteiger partial charge in [0, 0.05) is 14.1 Å². The van der Waals surface area contributed by atoms with Crippen LogP contribution in [0.1, 0.15) is 6.92 Å². The highest BCUT2D eigenvalue weighted by Crippen LogP contribution is 2.27. The molecule has 0 aliphatic rings. The van der Waals surface area contributed by atoms with Crippen molar-refractivity contribution in [3.63, 3.8) is 0 Å². The molecule has 20 heavy (non-hydrogen) atoms. The second kappa shape index (κ2) is 6.58. The van der Waals surface area contributed by atoms with Crippen LogP contribution in [0.5, 0.6) is 0 Å². The highest BCUT2D eigenvalue weighted by atomic mass is 32.2. The van der Waals surface area contributed by atoms with Gasteiger partial charge in [-0.15, -0.1) is 0 Å². The Hall–Kier alpha value is -1.80. The predicted molar refractivity (Wildman–Crippen MR) is 76.8 cm³/mol. The van der Waals surface area contributed by atoms with Gasteiger partial charge in [-0.3, -0.25) is 4.79 Å². The van der Waals surface area contributed by atoms with Crippen molar-refractivity contribution < 1.29 is 17.9 Å². The van der Waals surface area contributed by atoms with Crippen molar-refractivity contribution in [1.29, 1.82) is 0 Å². The van der Waals surface area contributed by atoms with Crippen LogP contribution in [0.4, 0.5) is 11.4 Å². The van der Waals surface area contributed by atoms with Crippen LogP contribution >= 0.6 is 0 Å². The zero-order valence-electron chi connectivity index (χ0n) is 11.7. The molecular weight excluding hydrogens is 282 g/mol. The molecular formula is C12H19N3O4S. The molecule has 0 fully saturated rings. The number of rotatable bonds is 6. The molecule has 7 nitrogen and oxygen atoms in total. The van der Waals surface area contributed by atoms with Gasteiger partial charge in [-0.2, -0.15) is 0 Å². The third-order valence-electron chi connectivity index (χ3n) is 2.55. The van der Waals surface area contributed by atoms with Gasteiger partial charge in [-0.05, 0) is 19.1 Å². The van der Waals surface area contributed by atoms with Crippen molar-refractivity contribution in [1.82, 2.24) is 4.31 Å². The highest BCUT2D eigenvalue weighted by Gasteiger charge is 2.21. The van der Waals surface area contributed by atoms with Gasteiger partial charge in [0.1, 0.15) is 11.4 Å². The lowest BCUT2D eigenvalue weighted by Gasteiger charge is -2.16. The molecule has 0 heterocycles. The minimum absolute atomic E-state index is 0.00337. The Balaban J connectivity index is 3.00. The van der Waals surface area contributed by atoms with Crippen LogP contribution in [-0.2, 0) is 19.6 Å². The molecule has 1 rings (SSSR count). The van der Waals surface area contributed by atoms with Gasteiger partial charge in [0.15, 0.2) is 0 Å². The van der Waals surface area contributed by atoms with Gasteiger partial charge >= 0.3 is 5.97 Å². The van der Waals surface area contributed by atoms with Gasteiger partial charge in [0.2, 0.25) is 10.0 Å². The van der Waals surface area contributed by atoms with Crippen LogP contribution in [0.15, 0.2) is 23.1 Å². The number of nitrogens with zero attached hydrogens (tertiary/aromatic N) is 1. The number of carbonyl (C=O) groups excluding carboxylic acids is 1. The largest absolute Gasteiger partial charge is 0.465 e. The summed E-state index contributed by atoms with van der Waals surface area (Å²) in [5.74, 6) is -0.437. The number of para-hydroxylation sites is 1. The molecule has 0 bridgehead atoms. The molecule has 0 saturated carbocycles. The Morgan fingerprint density at radius 3 is 2.60 bits per heavy atom. The Morgan fingerprint density at radius 1 is 1.40 bits per heavy atom. The Labute approximate surface area is 118 Å². The SMILES string of the molecule is CCOC(=O)CNc1cccc(S(=O)(=O)N(C)C)c1N. The number of hydrogen-bond acceptors (Lipinski definition) is 6. The van der Waals surface area contributed by atoms with E-state index in [1.165, 1.54) is 20.2 Å². The summed E-state index contributed by atoms with van der Waals surface area (Å²) in [6, 6.07) is 4.57. The molecule has 0 aromatic heterocycles. The van der Waals surface area contributed by atoms with Crippen molar-refractivity contribution in [3.8, 4) is 0 Å². The molecule has 0 saturated heterocycles. The maximum atomic E-state index is 12.1. The first kappa shape index (κ1) is 16.3. The van der Waals surface area contributed by atoms with Crippen molar-refractivity contribution in [2.75, 3.05) is 38.3 Å². The minimum Gasteiger partial charge on any atom is -0.465 e. The number of nitrogen functional groups attached to an aromatic ring is 1. The van der Waals surface area contributed by atoms with E-state index in [-0.39, 0.29) is 23.7 Å². The number of esters is 1. The van der Waals surface area contributed by atoms with Crippen molar-refractivity contribution in [3.05, 3.63) is 18.2 Å². The fourth-order valence-corrected chi connectivity index (χ4v) is 2.53. The van der Waals surface area contributed by atoms with Gasteiger partial charge in [0.25, 0.3) is 0 Å². The van der Waals surface area contributed by atoms with E-state index in [2.05, 4.69) is 5.32 Å². The Kier molecular flexibility index (Phi) is 5.34. The van der Waals surface area contributed by atoms with Crippen LogP contribution in [0.3, 0.4) is 0 Å². The monoisotopic (exact) mass is 301 g/mol. The summed E-state index contributed by atoms with van der Waals surface area (Å²) >= 11 is 0. The standard InChI is InChI=1S/C12H19N3O4S/c1-4-19-11(16)8-14-9-6-5-7-10(12(9)13)20(17,18)15(2)3/h5-7,14H,4,8,13H2,1-3H3. The van der Waals surface area contributed by atoms with Gasteiger partial charge in [-0.1, -0.05) is 6.07 Å². The molecule has 0 unspecified atom stereocenters. The second-order valence-electron chi connectivity index (χ2n) is 4.16. The molecule has 0 aliphatic heterocycles. The molecule has 0 spiro atoms. The maximum Gasteiger partial charge on any atom is 0.325 e. The summed E-state index contributed by atoms with van der Waals surface area (Å²) in [5.41, 5.74) is 6.30. The number of benzene rings is 1. The number of carbonyl (C=O) groups is 1. The summed E-state index contributed by atoms with van der Waals surface area (Å²) in [6.07, 6.45) is 0. The number of sulfonamides is 1. The summed E-state index contributed by atoms with van der Waals surface area (Å²) in [4.78, 5) is 11.3. The van der Waals surface area contributed by atoms with Gasteiger partial charge in [0.05, 0.1) is 18.0 Å². The van der Waals surface area contributed by atoms with Gasteiger partial charge < -0.3 is 15.8 Å². The average Bonchev–Trinajstić information content (AvgIpc) is 2.37. The lowest BCUT2D eigenvalue weighted by atomic mass is 10.2. The quantitative estimate of drug-likeness (QED) is 0.586. The molecule has 0 amide bonds. The molecule has 0 aliphatic carbocycles. The third-order valence-corrected chi connectivity index (χ3v) is 4.43. The molecule has 8 heteroatoms. The smallest absolute Gasteiger partial charge is 0.325 e. The summed E-state index contributed by atoms with van der Waals surface area (Å²) in [7, 11) is -0.779. The lowest BCUT2D eigenvalue weighted by Crippen LogP contribution is -2.24. The molecule has 112 valence electrons. The second-order valence-corrected chi connectivity index (χ2v) is 6.28. The fraction of sp³-hybridized carbons (Fsp3) is 0.417. The Morgan fingerprint density at radius 2 is 2.05 bits per heavy atom. The molecule has 1 aromatic rings. The Bertz CT molecular complexity index is 584. The van der Waals surface area contributed by atoms with Crippen molar-refractivity contribution in [2.45, 2.75) is 11.8 Å². The molecule has 1 aromatic carbocycles. The average molecular weight is 301 g/mol. The summed E-state index contributed by atoms with van der Waals surface area (Å²) in [6.45, 7) is 1.91. The van der Waals surface area contributed by atoms with E-state index in [1.54, 1.807) is 19.1 Å². The topological polar surface area (TPSA) is 102 Å². The normalized spacial score (nSPS) is 11.4. The number of nitrogens with one attached hydrogen (secondary N) is 1. The minimum atomic E-state index is -3.63. The first-order chi connectivity index (χ1) is 9.30. The number of ether oxygens (including phenoxy) is 1. The first-order valence-electron chi connectivity index (χ1n) is 6.01. The molecule has 0 atom stereocenters. The summed E-state index contributed by atoms with van der Waals surface area (Å²) < 4.78 is 30.0. The molecule has 0 radical (unpaired) electrons. The number of anilines is 2. The van der Waals surface area contributed by atoms with E-state index in [0.717, 1.165) is 4.31 Å². The van der Waals surface area contributed by atoms with Crippen LogP contribution < -0.4 is 11.1 Å². The van der Waals surface area contributed by atoms with E-state index >= 15 is 0 Å². The zero-order chi connectivity index (χ0) is 15.3. The van der Waals surface area contributed by atoms with Crippen LogP contribution in [0.25, 0.3) is 0 Å². The molecule has 3 N–H and O–H groups in total. The van der Waals surface area contributed by atoms with E-state index in [9.17, 15) is 13.2 Å². The zero-order valence-corrected chi connectivity index (χ0v) is 12.5. The van der Waals surface area contributed by atoms with E-state index in [4.69, 9.17) is 10.5 Å². The predicted octanol–water partition coefficient (Wildman–Crippen LogP) is 0.494. The third kappa shape index (κ3) is 3.61. The highest BCUT2D eigenvalue weighted by molar-refractivity contribution is 7.89. The number of nitrogens with two attached hydrogens (primary N) is 1. The van der Waals surface area contributed by atoms with Crippen molar-refractivity contribution in [2.24, 2.45) is 0 Å². The summed E-state index contributed by atoms with van der Waals surface area (Å²) in [5, 5.41) is 2.77. The van der Waals surface area contributed by atoms with Gasteiger partial charge in [-0.25, -0.2) is 12.7 Å².